The summed E-state index contributed by atoms with van der Waals surface area (Å²) in [5, 5.41) is 0. The van der Waals surface area contributed by atoms with Crippen LogP contribution in [0, 0.1) is 11.8 Å². The van der Waals surface area contributed by atoms with Crippen molar-refractivity contribution in [2.45, 2.75) is 69.6 Å². The molecule has 0 unspecified atom stereocenters. The number of rotatable bonds is 4. The fourth-order valence-corrected chi connectivity index (χ4v) is 5.47. The van der Waals surface area contributed by atoms with Crippen molar-refractivity contribution in [3.63, 3.8) is 0 Å². The zero-order valence-corrected chi connectivity index (χ0v) is 16.7. The molecular weight excluding hydrogens is 342 g/mol. The largest absolute Gasteiger partial charge is 0.347 e. The van der Waals surface area contributed by atoms with Crippen LogP contribution in [0.1, 0.15) is 57.8 Å². The van der Waals surface area contributed by atoms with Gasteiger partial charge in [0.1, 0.15) is 0 Å². The van der Waals surface area contributed by atoms with Crippen LogP contribution in [-0.4, -0.2) is 73.5 Å². The molecule has 0 aromatic carbocycles. The van der Waals surface area contributed by atoms with Gasteiger partial charge in [-0.15, -0.1) is 0 Å². The number of hydrogen-bond donors (Lipinski definition) is 1. The Morgan fingerprint density at radius 3 is 2.22 bits per heavy atom. The number of nitrogens with two attached hydrogens (primary N) is 1. The van der Waals surface area contributed by atoms with Crippen LogP contribution >= 0.6 is 0 Å². The summed E-state index contributed by atoms with van der Waals surface area (Å²) in [7, 11) is 0. The lowest BCUT2D eigenvalue weighted by Crippen LogP contribution is -2.52. The molecule has 6 heteroatoms. The molecule has 3 heterocycles. The van der Waals surface area contributed by atoms with Gasteiger partial charge < -0.3 is 25.0 Å². The normalized spacial score (nSPS) is 29.3. The Morgan fingerprint density at radius 2 is 1.59 bits per heavy atom. The summed E-state index contributed by atoms with van der Waals surface area (Å²) in [6.45, 7) is 6.52. The minimum Gasteiger partial charge on any atom is -0.347 e. The van der Waals surface area contributed by atoms with Crippen molar-refractivity contribution in [3.8, 4) is 0 Å². The van der Waals surface area contributed by atoms with Crippen molar-refractivity contribution in [2.75, 3.05) is 45.9 Å². The second-order valence-corrected chi connectivity index (χ2v) is 9.10. The molecule has 154 valence electrons. The number of ether oxygens (including phenoxy) is 2. The van der Waals surface area contributed by atoms with E-state index in [2.05, 4.69) is 4.90 Å². The molecule has 0 radical (unpaired) electrons. The van der Waals surface area contributed by atoms with Gasteiger partial charge >= 0.3 is 0 Å². The van der Waals surface area contributed by atoms with Gasteiger partial charge in [0.05, 0.1) is 19.3 Å². The number of nitrogens with zero attached hydrogens (tertiary/aromatic N) is 2. The molecule has 4 rings (SSSR count). The molecule has 1 saturated carbocycles. The van der Waals surface area contributed by atoms with E-state index in [0.717, 1.165) is 84.5 Å². The van der Waals surface area contributed by atoms with Crippen LogP contribution in [0.3, 0.4) is 0 Å². The third-order valence-corrected chi connectivity index (χ3v) is 7.32. The lowest BCUT2D eigenvalue weighted by atomic mass is 9.83. The van der Waals surface area contributed by atoms with E-state index in [-0.39, 0.29) is 17.7 Å². The van der Waals surface area contributed by atoms with E-state index in [0.29, 0.717) is 11.8 Å². The van der Waals surface area contributed by atoms with Gasteiger partial charge in [-0.2, -0.15) is 0 Å². The molecule has 0 aromatic heterocycles. The first-order valence-corrected chi connectivity index (χ1v) is 11.2. The molecule has 3 aliphatic heterocycles. The number of carbonyl (C=O) groups is 1. The van der Waals surface area contributed by atoms with Crippen molar-refractivity contribution in [2.24, 2.45) is 17.6 Å². The molecule has 1 atom stereocenters. The van der Waals surface area contributed by atoms with Gasteiger partial charge in [0, 0.05) is 45.6 Å². The fourth-order valence-electron chi connectivity index (χ4n) is 5.47. The van der Waals surface area contributed by atoms with Gasteiger partial charge in [0.2, 0.25) is 5.91 Å². The summed E-state index contributed by atoms with van der Waals surface area (Å²) < 4.78 is 11.7. The van der Waals surface area contributed by atoms with Crippen LogP contribution in [0.2, 0.25) is 0 Å². The van der Waals surface area contributed by atoms with Gasteiger partial charge in [-0.25, -0.2) is 0 Å². The molecule has 0 aromatic rings. The summed E-state index contributed by atoms with van der Waals surface area (Å²) >= 11 is 0. The van der Waals surface area contributed by atoms with Gasteiger partial charge in [0.15, 0.2) is 5.79 Å². The van der Waals surface area contributed by atoms with E-state index in [1.165, 1.54) is 19.3 Å². The zero-order chi connectivity index (χ0) is 18.7. The van der Waals surface area contributed by atoms with Crippen molar-refractivity contribution >= 4 is 5.91 Å². The van der Waals surface area contributed by atoms with Crippen molar-refractivity contribution in [1.29, 1.82) is 0 Å². The predicted octanol–water partition coefficient (Wildman–Crippen LogP) is 1.97. The smallest absolute Gasteiger partial charge is 0.239 e. The van der Waals surface area contributed by atoms with Crippen LogP contribution in [0.25, 0.3) is 0 Å². The maximum Gasteiger partial charge on any atom is 0.239 e. The molecule has 4 fully saturated rings. The summed E-state index contributed by atoms with van der Waals surface area (Å²) in [5.74, 6) is 1.03. The summed E-state index contributed by atoms with van der Waals surface area (Å²) in [6.07, 6.45) is 10.2. The molecule has 6 nitrogen and oxygen atoms in total. The summed E-state index contributed by atoms with van der Waals surface area (Å²) in [5.41, 5.74) is 6.34. The first kappa shape index (κ1) is 19.6. The Kier molecular flexibility index (Phi) is 6.37. The molecule has 0 bridgehead atoms. The molecule has 3 saturated heterocycles. The van der Waals surface area contributed by atoms with Gasteiger partial charge in [-0.1, -0.05) is 19.3 Å². The standard InChI is InChI=1S/C21H37N3O3/c22-19(18-4-2-1-3-5-18)20(25)24-10-6-17(7-11-24)16-23-12-8-21(9-13-23)26-14-15-27-21/h17-19H,1-16,22H2/t19-/m1/s1. The van der Waals surface area contributed by atoms with E-state index >= 15 is 0 Å². The maximum absolute atomic E-state index is 12.8. The molecule has 27 heavy (non-hydrogen) atoms. The minimum atomic E-state index is -0.276. The van der Waals surface area contributed by atoms with Crippen LogP contribution in [-0.2, 0) is 14.3 Å². The first-order valence-electron chi connectivity index (χ1n) is 11.2. The van der Waals surface area contributed by atoms with Crippen molar-refractivity contribution < 1.29 is 14.3 Å². The summed E-state index contributed by atoms with van der Waals surface area (Å²) in [6, 6.07) is -0.272. The SMILES string of the molecule is N[C@@H](C(=O)N1CCC(CN2CCC3(CC2)OCCO3)CC1)C1CCCCC1. The van der Waals surface area contributed by atoms with E-state index in [9.17, 15) is 4.79 Å². The minimum absolute atomic E-state index is 0.204. The molecule has 1 amide bonds. The highest BCUT2D eigenvalue weighted by Crippen LogP contribution is 2.32. The van der Waals surface area contributed by atoms with Crippen LogP contribution in [0.4, 0.5) is 0 Å². The van der Waals surface area contributed by atoms with Crippen LogP contribution in [0.5, 0.6) is 0 Å². The Labute approximate surface area is 163 Å². The quantitative estimate of drug-likeness (QED) is 0.809. The Morgan fingerprint density at radius 1 is 0.963 bits per heavy atom. The molecule has 1 spiro atoms. The molecular formula is C21H37N3O3. The highest BCUT2D eigenvalue weighted by Gasteiger charge is 2.40. The topological polar surface area (TPSA) is 68.0 Å². The summed E-state index contributed by atoms with van der Waals surface area (Å²) in [4.78, 5) is 17.4. The number of piperidine rings is 2. The highest BCUT2D eigenvalue weighted by molar-refractivity contribution is 5.82. The molecule has 4 aliphatic rings. The number of hydrogen-bond acceptors (Lipinski definition) is 5. The molecule has 2 N–H and O–H groups in total. The van der Waals surface area contributed by atoms with Gasteiger partial charge in [0.25, 0.3) is 0 Å². The van der Waals surface area contributed by atoms with E-state index < -0.39 is 0 Å². The second-order valence-electron chi connectivity index (χ2n) is 9.10. The highest BCUT2D eigenvalue weighted by atomic mass is 16.7. The van der Waals surface area contributed by atoms with E-state index in [4.69, 9.17) is 15.2 Å². The Bertz CT molecular complexity index is 485. The lowest BCUT2D eigenvalue weighted by molar-refractivity contribution is -0.186. The van der Waals surface area contributed by atoms with Crippen LogP contribution in [0.15, 0.2) is 0 Å². The third kappa shape index (κ3) is 4.66. The third-order valence-electron chi connectivity index (χ3n) is 7.32. The monoisotopic (exact) mass is 379 g/mol. The van der Waals surface area contributed by atoms with Gasteiger partial charge in [-0.05, 0) is 37.5 Å². The molecule has 1 aliphatic carbocycles. The average Bonchev–Trinajstić information content (AvgIpc) is 3.18. The van der Waals surface area contributed by atoms with Crippen molar-refractivity contribution in [3.05, 3.63) is 0 Å². The first-order chi connectivity index (χ1) is 13.2. The van der Waals surface area contributed by atoms with Crippen LogP contribution < -0.4 is 5.73 Å². The number of likely N-dealkylation sites (tertiary alicyclic amines) is 2. The zero-order valence-electron chi connectivity index (χ0n) is 16.7. The maximum atomic E-state index is 12.8. The Balaban J connectivity index is 1.18. The second kappa shape index (κ2) is 8.76. The van der Waals surface area contributed by atoms with E-state index in [1.807, 2.05) is 4.90 Å². The van der Waals surface area contributed by atoms with Gasteiger partial charge in [-0.3, -0.25) is 4.79 Å². The lowest BCUT2D eigenvalue weighted by Gasteiger charge is -2.41. The predicted molar refractivity (Wildman–Crippen MR) is 104 cm³/mol. The van der Waals surface area contributed by atoms with E-state index in [1.54, 1.807) is 0 Å². The fraction of sp³-hybridized carbons (Fsp3) is 0.952. The van der Waals surface area contributed by atoms with Crippen molar-refractivity contribution in [1.82, 2.24) is 9.80 Å². The Hall–Kier alpha value is -0.690. The average molecular weight is 380 g/mol. The number of carbonyl (C=O) groups excluding carboxylic acids is 1. The number of amides is 1.